The van der Waals surface area contributed by atoms with Crippen molar-refractivity contribution in [3.05, 3.63) is 80.4 Å². The molecule has 1 amide bonds. The van der Waals surface area contributed by atoms with Gasteiger partial charge in [-0.1, -0.05) is 29.8 Å². The average Bonchev–Trinajstić information content (AvgIpc) is 2.58. The van der Waals surface area contributed by atoms with Gasteiger partial charge in [0.15, 0.2) is 0 Å². The Kier molecular flexibility index (Phi) is 5.99. The van der Waals surface area contributed by atoms with Crippen LogP contribution in [0.15, 0.2) is 48.5 Å². The first kappa shape index (κ1) is 19.5. The quantitative estimate of drug-likeness (QED) is 0.465. The van der Waals surface area contributed by atoms with E-state index in [0.717, 1.165) is 30.4 Å². The summed E-state index contributed by atoms with van der Waals surface area (Å²) < 4.78 is 38.1. The second-order valence-electron chi connectivity index (χ2n) is 5.17. The highest BCUT2D eigenvalue weighted by atomic mass is 35.5. The van der Waals surface area contributed by atoms with Gasteiger partial charge in [-0.3, -0.25) is 14.9 Å². The molecule has 0 aliphatic heterocycles. The topological polar surface area (TPSA) is 72.2 Å². The molecule has 1 N–H and O–H groups in total. The summed E-state index contributed by atoms with van der Waals surface area (Å²) in [6.45, 7) is -0.101. The molecule has 2 aromatic carbocycles. The van der Waals surface area contributed by atoms with Gasteiger partial charge in [-0.2, -0.15) is 13.2 Å². The number of hydrogen-bond donors (Lipinski definition) is 1. The molecule has 0 saturated carbocycles. The molecule has 0 fully saturated rings. The molecule has 0 saturated heterocycles. The Hall–Kier alpha value is -2.87. The third kappa shape index (κ3) is 5.06. The number of para-hydroxylation sites is 1. The average molecular weight is 385 g/mol. The maximum absolute atomic E-state index is 12.7. The van der Waals surface area contributed by atoms with Crippen LogP contribution >= 0.6 is 11.6 Å². The molecule has 26 heavy (non-hydrogen) atoms. The van der Waals surface area contributed by atoms with Gasteiger partial charge >= 0.3 is 6.18 Å². The van der Waals surface area contributed by atoms with Crippen LogP contribution in [-0.2, 0) is 17.5 Å². The van der Waals surface area contributed by atoms with Crippen LogP contribution in [0.4, 0.5) is 18.9 Å². The molecule has 0 aliphatic carbocycles. The Morgan fingerprint density at radius 2 is 1.92 bits per heavy atom. The second-order valence-corrected chi connectivity index (χ2v) is 5.58. The summed E-state index contributed by atoms with van der Waals surface area (Å²) in [5.41, 5.74) is -0.696. The summed E-state index contributed by atoms with van der Waals surface area (Å²) in [4.78, 5) is 22.2. The lowest BCUT2D eigenvalue weighted by atomic mass is 10.1. The molecule has 2 aromatic rings. The number of nitro groups is 1. The van der Waals surface area contributed by atoms with E-state index in [2.05, 4.69) is 5.32 Å². The van der Waals surface area contributed by atoms with Crippen LogP contribution in [0.5, 0.6) is 0 Å². The van der Waals surface area contributed by atoms with E-state index in [1.54, 1.807) is 6.07 Å². The molecule has 5 nitrogen and oxygen atoms in total. The van der Waals surface area contributed by atoms with Crippen molar-refractivity contribution in [2.75, 3.05) is 0 Å². The molecule has 2 rings (SSSR count). The number of halogens is 4. The van der Waals surface area contributed by atoms with E-state index < -0.39 is 22.6 Å². The molecule has 136 valence electrons. The van der Waals surface area contributed by atoms with Gasteiger partial charge < -0.3 is 5.32 Å². The Morgan fingerprint density at radius 1 is 1.23 bits per heavy atom. The fraction of sp³-hybridized carbons (Fsp3) is 0.118. The Balaban J connectivity index is 2.08. The molecule has 9 heteroatoms. The Bertz CT molecular complexity index is 867. The van der Waals surface area contributed by atoms with E-state index in [1.807, 2.05) is 0 Å². The molecule has 0 aromatic heterocycles. The molecular formula is C17H12ClF3N2O3. The SMILES string of the molecule is O=C(/C=C/c1cc(C(F)(F)F)ccc1Cl)NCc1ccccc1[N+](=O)[O-]. The van der Waals surface area contributed by atoms with E-state index in [1.165, 1.54) is 18.2 Å². The zero-order chi connectivity index (χ0) is 19.3. The van der Waals surface area contributed by atoms with E-state index >= 15 is 0 Å². The van der Waals surface area contributed by atoms with Gasteiger partial charge in [-0.05, 0) is 29.8 Å². The monoisotopic (exact) mass is 384 g/mol. The van der Waals surface area contributed by atoms with Crippen LogP contribution in [0, 0.1) is 10.1 Å². The summed E-state index contributed by atoms with van der Waals surface area (Å²) in [6, 6.07) is 8.65. The van der Waals surface area contributed by atoms with Crippen LogP contribution in [0.1, 0.15) is 16.7 Å². The third-order valence-electron chi connectivity index (χ3n) is 3.38. The smallest absolute Gasteiger partial charge is 0.348 e. The maximum atomic E-state index is 12.7. The van der Waals surface area contributed by atoms with E-state index in [9.17, 15) is 28.1 Å². The first-order chi connectivity index (χ1) is 12.2. The van der Waals surface area contributed by atoms with E-state index in [0.29, 0.717) is 5.56 Å². The van der Waals surface area contributed by atoms with Gasteiger partial charge in [-0.25, -0.2) is 0 Å². The van der Waals surface area contributed by atoms with Gasteiger partial charge in [0.25, 0.3) is 5.69 Å². The lowest BCUT2D eigenvalue weighted by Gasteiger charge is -2.08. The van der Waals surface area contributed by atoms with Crippen molar-refractivity contribution in [1.82, 2.24) is 5.32 Å². The number of rotatable bonds is 5. The normalized spacial score (nSPS) is 11.5. The number of carbonyl (C=O) groups is 1. The molecule has 0 unspecified atom stereocenters. The van der Waals surface area contributed by atoms with Gasteiger partial charge in [0.1, 0.15) is 0 Å². The lowest BCUT2D eigenvalue weighted by Crippen LogP contribution is -2.20. The predicted octanol–water partition coefficient (Wildman–Crippen LogP) is 4.60. The van der Waals surface area contributed by atoms with Gasteiger partial charge in [0.05, 0.1) is 10.5 Å². The number of benzene rings is 2. The standard InChI is InChI=1S/C17H12ClF3N2O3/c18-14-7-6-13(17(19,20)21)9-11(14)5-8-16(24)22-10-12-3-1-2-4-15(12)23(25)26/h1-9H,10H2,(H,22,24)/b8-5+. The van der Waals surface area contributed by atoms with Crippen molar-refractivity contribution in [1.29, 1.82) is 0 Å². The van der Waals surface area contributed by atoms with Crippen LogP contribution in [-0.4, -0.2) is 10.8 Å². The number of nitrogens with one attached hydrogen (secondary N) is 1. The number of nitrogens with zero attached hydrogens (tertiary/aromatic N) is 1. The molecule has 0 aliphatic rings. The number of alkyl halides is 3. The predicted molar refractivity (Wildman–Crippen MR) is 90.4 cm³/mol. The summed E-state index contributed by atoms with van der Waals surface area (Å²) in [5.74, 6) is -0.628. The molecule has 0 bridgehead atoms. The fourth-order valence-electron chi connectivity index (χ4n) is 2.09. The van der Waals surface area contributed by atoms with E-state index in [4.69, 9.17) is 11.6 Å². The third-order valence-corrected chi connectivity index (χ3v) is 3.72. The maximum Gasteiger partial charge on any atom is 0.416 e. The van der Waals surface area contributed by atoms with Crippen LogP contribution in [0.25, 0.3) is 6.08 Å². The highest BCUT2D eigenvalue weighted by Gasteiger charge is 2.30. The minimum Gasteiger partial charge on any atom is -0.348 e. The minimum absolute atomic E-state index is 0.0299. The van der Waals surface area contributed by atoms with E-state index in [-0.39, 0.29) is 22.8 Å². The molecule has 0 atom stereocenters. The summed E-state index contributed by atoms with van der Waals surface area (Å²) in [5, 5.41) is 13.4. The summed E-state index contributed by atoms with van der Waals surface area (Å²) >= 11 is 5.83. The van der Waals surface area contributed by atoms with Gasteiger partial charge in [-0.15, -0.1) is 0 Å². The minimum atomic E-state index is -4.53. The van der Waals surface area contributed by atoms with Gasteiger partial charge in [0.2, 0.25) is 5.91 Å². The summed E-state index contributed by atoms with van der Waals surface area (Å²) in [7, 11) is 0. The highest BCUT2D eigenvalue weighted by Crippen LogP contribution is 2.32. The van der Waals surface area contributed by atoms with Crippen LogP contribution in [0.3, 0.4) is 0 Å². The Morgan fingerprint density at radius 3 is 2.58 bits per heavy atom. The fourth-order valence-corrected chi connectivity index (χ4v) is 2.27. The number of hydrogen-bond acceptors (Lipinski definition) is 3. The largest absolute Gasteiger partial charge is 0.416 e. The van der Waals surface area contributed by atoms with Crippen LogP contribution < -0.4 is 5.32 Å². The van der Waals surface area contributed by atoms with Crippen LogP contribution in [0.2, 0.25) is 5.02 Å². The highest BCUT2D eigenvalue weighted by molar-refractivity contribution is 6.32. The van der Waals surface area contributed by atoms with Crippen molar-refractivity contribution in [2.24, 2.45) is 0 Å². The number of nitro benzene ring substituents is 1. The Labute approximate surface area is 151 Å². The number of carbonyl (C=O) groups excluding carboxylic acids is 1. The van der Waals surface area contributed by atoms with Crippen molar-refractivity contribution in [3.63, 3.8) is 0 Å². The molecule has 0 heterocycles. The second kappa shape index (κ2) is 8.01. The number of amides is 1. The molecule has 0 radical (unpaired) electrons. The lowest BCUT2D eigenvalue weighted by molar-refractivity contribution is -0.385. The first-order valence-corrected chi connectivity index (χ1v) is 7.61. The first-order valence-electron chi connectivity index (χ1n) is 7.23. The zero-order valence-electron chi connectivity index (χ0n) is 13.1. The van der Waals surface area contributed by atoms with Crippen molar-refractivity contribution in [3.8, 4) is 0 Å². The van der Waals surface area contributed by atoms with Crippen molar-refractivity contribution in [2.45, 2.75) is 12.7 Å². The van der Waals surface area contributed by atoms with Crippen molar-refractivity contribution >= 4 is 29.3 Å². The van der Waals surface area contributed by atoms with Gasteiger partial charge in [0, 0.05) is 29.3 Å². The zero-order valence-corrected chi connectivity index (χ0v) is 13.8. The molecule has 0 spiro atoms. The molecular weight excluding hydrogens is 373 g/mol. The summed E-state index contributed by atoms with van der Waals surface area (Å²) in [6.07, 6.45) is -2.37. The van der Waals surface area contributed by atoms with Crippen molar-refractivity contribution < 1.29 is 22.9 Å².